The first-order chi connectivity index (χ1) is 8.56. The maximum atomic E-state index is 9.81. The number of aromatic nitrogens is 2. The molecule has 1 aromatic carbocycles. The normalized spacial score (nSPS) is 11.1. The van der Waals surface area contributed by atoms with Gasteiger partial charge in [0.1, 0.15) is 17.3 Å². The van der Waals surface area contributed by atoms with Gasteiger partial charge in [-0.15, -0.1) is 10.2 Å². The molecule has 0 aliphatic carbocycles. The Morgan fingerprint density at radius 1 is 1.28 bits per heavy atom. The molecule has 0 radical (unpaired) electrons. The second-order valence-corrected chi connectivity index (χ2v) is 4.62. The van der Waals surface area contributed by atoms with Crippen LogP contribution in [0.3, 0.4) is 0 Å². The number of phenols is 1. The van der Waals surface area contributed by atoms with Gasteiger partial charge in [0.15, 0.2) is 0 Å². The van der Waals surface area contributed by atoms with Crippen molar-refractivity contribution < 1.29 is 5.11 Å². The summed E-state index contributed by atoms with van der Waals surface area (Å²) in [6.07, 6.45) is 0. The summed E-state index contributed by atoms with van der Waals surface area (Å²) in [5, 5.41) is 18.2. The van der Waals surface area contributed by atoms with Gasteiger partial charge in [0, 0.05) is 37.4 Å². The fraction of sp³-hybridized carbons (Fsp3) is 0.273. The molecule has 0 fully saturated rings. The molecule has 0 spiro atoms. The van der Waals surface area contributed by atoms with Gasteiger partial charge < -0.3 is 10.0 Å². The molecule has 0 amide bonds. The van der Waals surface area contributed by atoms with E-state index in [1.54, 1.807) is 19.1 Å². The SMILES string of the molecule is Cc1nsc(/N=N/c2ccc(N(C)C)cc2O)n1. The lowest BCUT2D eigenvalue weighted by atomic mass is 10.2. The molecule has 0 bridgehead atoms. The zero-order valence-corrected chi connectivity index (χ0v) is 11.1. The molecule has 0 aliphatic rings. The number of aryl methyl sites for hydroxylation is 1. The van der Waals surface area contributed by atoms with Crippen LogP contribution in [0.2, 0.25) is 0 Å². The van der Waals surface area contributed by atoms with Crippen LogP contribution in [0.25, 0.3) is 0 Å². The lowest BCUT2D eigenvalue weighted by Gasteiger charge is -2.12. The summed E-state index contributed by atoms with van der Waals surface area (Å²) in [5.74, 6) is 0.757. The highest BCUT2D eigenvalue weighted by molar-refractivity contribution is 7.09. The Kier molecular flexibility index (Phi) is 3.52. The minimum absolute atomic E-state index is 0.0891. The summed E-state index contributed by atoms with van der Waals surface area (Å²) in [7, 11) is 3.81. The molecule has 0 saturated heterocycles. The first-order valence-electron chi connectivity index (χ1n) is 5.28. The van der Waals surface area contributed by atoms with Gasteiger partial charge in [-0.25, -0.2) is 4.98 Å². The van der Waals surface area contributed by atoms with Crippen LogP contribution < -0.4 is 4.90 Å². The third-order valence-corrected chi connectivity index (χ3v) is 2.93. The Balaban J connectivity index is 2.22. The third-order valence-electron chi connectivity index (χ3n) is 2.24. The Labute approximate surface area is 109 Å². The van der Waals surface area contributed by atoms with Crippen molar-refractivity contribution in [3.8, 4) is 5.75 Å². The summed E-state index contributed by atoms with van der Waals surface area (Å²) >= 11 is 1.17. The van der Waals surface area contributed by atoms with Gasteiger partial charge in [0.2, 0.25) is 5.13 Å². The number of hydrogen-bond donors (Lipinski definition) is 1. The van der Waals surface area contributed by atoms with Crippen LogP contribution in [0.5, 0.6) is 5.75 Å². The van der Waals surface area contributed by atoms with E-state index in [9.17, 15) is 5.11 Å². The standard InChI is InChI=1S/C11H13N5OS/c1-7-12-11(18-15-7)14-13-9-5-4-8(16(2)3)6-10(9)17/h4-6,17H,1-3H3/b14-13+. The zero-order chi connectivity index (χ0) is 13.1. The topological polar surface area (TPSA) is 74.0 Å². The number of nitrogens with zero attached hydrogens (tertiary/aromatic N) is 5. The maximum absolute atomic E-state index is 9.81. The average molecular weight is 263 g/mol. The van der Waals surface area contributed by atoms with Gasteiger partial charge in [-0.05, 0) is 19.1 Å². The molecule has 1 aromatic heterocycles. The van der Waals surface area contributed by atoms with Gasteiger partial charge >= 0.3 is 0 Å². The number of rotatable bonds is 3. The Hall–Kier alpha value is -2.02. The van der Waals surface area contributed by atoms with Crippen LogP contribution in [-0.4, -0.2) is 28.6 Å². The van der Waals surface area contributed by atoms with Crippen molar-refractivity contribution in [1.82, 2.24) is 9.36 Å². The van der Waals surface area contributed by atoms with E-state index in [1.807, 2.05) is 25.1 Å². The molecule has 1 N–H and O–H groups in total. The number of anilines is 1. The second kappa shape index (κ2) is 5.09. The van der Waals surface area contributed by atoms with Crippen LogP contribution in [-0.2, 0) is 0 Å². The van der Waals surface area contributed by atoms with Crippen LogP contribution in [0, 0.1) is 6.92 Å². The van der Waals surface area contributed by atoms with Crippen molar-refractivity contribution in [2.24, 2.45) is 10.2 Å². The quantitative estimate of drug-likeness (QED) is 0.864. The number of aromatic hydroxyl groups is 1. The summed E-state index contributed by atoms with van der Waals surface area (Å²) in [6, 6.07) is 5.21. The van der Waals surface area contributed by atoms with E-state index in [2.05, 4.69) is 19.6 Å². The van der Waals surface area contributed by atoms with Crippen molar-refractivity contribution in [2.45, 2.75) is 6.92 Å². The van der Waals surface area contributed by atoms with Crippen molar-refractivity contribution in [3.05, 3.63) is 24.0 Å². The molecule has 18 heavy (non-hydrogen) atoms. The van der Waals surface area contributed by atoms with E-state index in [0.29, 0.717) is 16.6 Å². The predicted molar refractivity (Wildman–Crippen MR) is 71.3 cm³/mol. The van der Waals surface area contributed by atoms with E-state index in [4.69, 9.17) is 0 Å². The summed E-state index contributed by atoms with van der Waals surface area (Å²) in [6.45, 7) is 1.79. The molecule has 0 aliphatic heterocycles. The van der Waals surface area contributed by atoms with Crippen molar-refractivity contribution >= 4 is 28.0 Å². The van der Waals surface area contributed by atoms with Crippen molar-refractivity contribution in [3.63, 3.8) is 0 Å². The minimum atomic E-state index is 0.0891. The first-order valence-corrected chi connectivity index (χ1v) is 6.06. The highest BCUT2D eigenvalue weighted by atomic mass is 32.1. The van der Waals surface area contributed by atoms with Gasteiger partial charge in [0.05, 0.1) is 0 Å². The minimum Gasteiger partial charge on any atom is -0.506 e. The molecular formula is C11H13N5OS. The molecule has 7 heteroatoms. The molecule has 0 unspecified atom stereocenters. The lowest BCUT2D eigenvalue weighted by molar-refractivity contribution is 0.476. The highest BCUT2D eigenvalue weighted by Crippen LogP contribution is 2.31. The molecule has 0 saturated carbocycles. The molecule has 6 nitrogen and oxygen atoms in total. The smallest absolute Gasteiger partial charge is 0.249 e. The first kappa shape index (κ1) is 12.4. The fourth-order valence-electron chi connectivity index (χ4n) is 1.30. The van der Waals surface area contributed by atoms with Crippen LogP contribution in [0.1, 0.15) is 5.82 Å². The molecular weight excluding hydrogens is 250 g/mol. The summed E-state index contributed by atoms with van der Waals surface area (Å²) in [4.78, 5) is 5.96. The Morgan fingerprint density at radius 3 is 2.61 bits per heavy atom. The summed E-state index contributed by atoms with van der Waals surface area (Å²) in [5.41, 5.74) is 1.31. The van der Waals surface area contributed by atoms with E-state index < -0.39 is 0 Å². The number of azo groups is 1. The fourth-order valence-corrected chi connectivity index (χ4v) is 1.80. The molecule has 0 atom stereocenters. The molecule has 2 aromatic rings. The highest BCUT2D eigenvalue weighted by Gasteiger charge is 2.04. The number of benzene rings is 1. The largest absolute Gasteiger partial charge is 0.506 e. The van der Waals surface area contributed by atoms with E-state index in [1.165, 1.54) is 11.5 Å². The molecule has 1 heterocycles. The van der Waals surface area contributed by atoms with E-state index >= 15 is 0 Å². The van der Waals surface area contributed by atoms with Crippen LogP contribution in [0.4, 0.5) is 16.5 Å². The van der Waals surface area contributed by atoms with Crippen molar-refractivity contribution in [2.75, 3.05) is 19.0 Å². The van der Waals surface area contributed by atoms with Gasteiger partial charge in [-0.3, -0.25) is 0 Å². The van der Waals surface area contributed by atoms with Gasteiger partial charge in [-0.1, -0.05) is 0 Å². The van der Waals surface area contributed by atoms with Gasteiger partial charge in [0.25, 0.3) is 0 Å². The summed E-state index contributed by atoms with van der Waals surface area (Å²) < 4.78 is 4.00. The lowest BCUT2D eigenvalue weighted by Crippen LogP contribution is -2.07. The predicted octanol–water partition coefficient (Wildman–Crippen LogP) is 3.03. The number of hydrogen-bond acceptors (Lipinski definition) is 7. The van der Waals surface area contributed by atoms with E-state index in [0.717, 1.165) is 5.69 Å². The monoisotopic (exact) mass is 263 g/mol. The van der Waals surface area contributed by atoms with E-state index in [-0.39, 0.29) is 5.75 Å². The Bertz CT molecular complexity index is 579. The van der Waals surface area contributed by atoms with Gasteiger partial charge in [-0.2, -0.15) is 4.37 Å². The van der Waals surface area contributed by atoms with Crippen LogP contribution in [0.15, 0.2) is 28.4 Å². The second-order valence-electron chi connectivity index (χ2n) is 3.89. The number of phenolic OH excluding ortho intramolecular Hbond substituents is 1. The Morgan fingerprint density at radius 2 is 2.06 bits per heavy atom. The average Bonchev–Trinajstić information content (AvgIpc) is 2.73. The molecule has 2 rings (SSSR count). The van der Waals surface area contributed by atoms with Crippen molar-refractivity contribution in [1.29, 1.82) is 0 Å². The third kappa shape index (κ3) is 2.80. The molecule has 94 valence electrons. The zero-order valence-electron chi connectivity index (χ0n) is 10.3. The van der Waals surface area contributed by atoms with Crippen LogP contribution >= 0.6 is 11.5 Å². The maximum Gasteiger partial charge on any atom is 0.249 e.